The molecule has 1 aliphatic rings. The van der Waals surface area contributed by atoms with Crippen molar-refractivity contribution in [3.8, 4) is 5.75 Å². The molecule has 0 saturated heterocycles. The summed E-state index contributed by atoms with van der Waals surface area (Å²) in [4.78, 5) is 0. The topological polar surface area (TPSA) is 21.3 Å². The number of hydrogen-bond acceptors (Lipinski definition) is 2. The highest BCUT2D eigenvalue weighted by molar-refractivity contribution is 5.67. The summed E-state index contributed by atoms with van der Waals surface area (Å²) in [7, 11) is 0. The first kappa shape index (κ1) is 13.9. The minimum absolute atomic E-state index is 0.718. The molecule has 1 heterocycles. The van der Waals surface area contributed by atoms with Gasteiger partial charge < -0.3 is 10.1 Å². The van der Waals surface area contributed by atoms with E-state index in [0.29, 0.717) is 0 Å². The summed E-state index contributed by atoms with van der Waals surface area (Å²) in [6, 6.07) is 18.9. The highest BCUT2D eigenvalue weighted by Gasteiger charge is 2.05. The maximum atomic E-state index is 5.82. The highest BCUT2D eigenvalue weighted by atomic mass is 16.5. The van der Waals surface area contributed by atoms with Gasteiger partial charge in [0.1, 0.15) is 5.75 Å². The van der Waals surface area contributed by atoms with Crippen molar-refractivity contribution in [2.45, 2.75) is 12.8 Å². The molecule has 1 aliphatic heterocycles. The molecule has 2 heteroatoms. The maximum Gasteiger partial charge on any atom is 0.119 e. The van der Waals surface area contributed by atoms with E-state index in [4.69, 9.17) is 4.74 Å². The number of hydrogen-bond donors (Lipinski definition) is 1. The molecule has 0 aromatic heterocycles. The van der Waals surface area contributed by atoms with Crippen molar-refractivity contribution in [3.05, 3.63) is 71.8 Å². The predicted octanol–water partition coefficient (Wildman–Crippen LogP) is 3.68. The molecule has 0 radical (unpaired) electrons. The molecule has 1 N–H and O–H groups in total. The lowest BCUT2D eigenvalue weighted by atomic mass is 10.0. The van der Waals surface area contributed by atoms with Gasteiger partial charge in [0.25, 0.3) is 0 Å². The second-order valence-electron chi connectivity index (χ2n) is 5.29. The van der Waals surface area contributed by atoms with Crippen molar-refractivity contribution in [2.24, 2.45) is 0 Å². The third-order valence-corrected chi connectivity index (χ3v) is 3.79. The first-order valence-corrected chi connectivity index (χ1v) is 7.59. The second-order valence-corrected chi connectivity index (χ2v) is 5.29. The van der Waals surface area contributed by atoms with Gasteiger partial charge in [0, 0.05) is 13.0 Å². The highest BCUT2D eigenvalue weighted by Crippen LogP contribution is 2.22. The molecule has 21 heavy (non-hydrogen) atoms. The lowest BCUT2D eigenvalue weighted by molar-refractivity contribution is 0.322. The smallest absolute Gasteiger partial charge is 0.119 e. The van der Waals surface area contributed by atoms with Crippen molar-refractivity contribution in [1.82, 2.24) is 5.32 Å². The normalized spacial score (nSPS) is 14.6. The molecule has 0 aliphatic carbocycles. The first-order valence-electron chi connectivity index (χ1n) is 7.59. The zero-order chi connectivity index (χ0) is 14.3. The van der Waals surface area contributed by atoms with Crippen LogP contribution >= 0.6 is 0 Å². The van der Waals surface area contributed by atoms with Crippen LogP contribution in [0.4, 0.5) is 0 Å². The van der Waals surface area contributed by atoms with Crippen molar-refractivity contribution in [2.75, 3.05) is 19.7 Å². The van der Waals surface area contributed by atoms with Crippen molar-refractivity contribution < 1.29 is 4.74 Å². The largest absolute Gasteiger partial charge is 0.493 e. The van der Waals surface area contributed by atoms with Crippen molar-refractivity contribution in [3.63, 3.8) is 0 Å². The van der Waals surface area contributed by atoms with E-state index >= 15 is 0 Å². The summed E-state index contributed by atoms with van der Waals surface area (Å²) in [6.45, 7) is 2.77. The van der Waals surface area contributed by atoms with Gasteiger partial charge in [-0.15, -0.1) is 0 Å². The fourth-order valence-electron chi connectivity index (χ4n) is 2.58. The number of benzene rings is 2. The SMILES string of the molecule is C1=C(c2ccc(OCCc3ccccc3)cc2)CCNC1. The molecular formula is C19H21NO. The van der Waals surface area contributed by atoms with E-state index in [1.165, 1.54) is 16.7 Å². The third-order valence-electron chi connectivity index (χ3n) is 3.79. The standard InChI is InChI=1S/C19H21NO/c1-2-4-16(5-3-1)12-15-21-19-8-6-17(7-9-19)18-10-13-20-14-11-18/h1-10,20H,11-15H2. The summed E-state index contributed by atoms with van der Waals surface area (Å²) in [5.41, 5.74) is 4.06. The monoisotopic (exact) mass is 279 g/mol. The zero-order valence-corrected chi connectivity index (χ0v) is 12.2. The van der Waals surface area contributed by atoms with Crippen LogP contribution in [0.1, 0.15) is 17.5 Å². The average Bonchev–Trinajstić information content (AvgIpc) is 2.57. The Hall–Kier alpha value is -2.06. The Bertz CT molecular complexity index is 587. The van der Waals surface area contributed by atoms with Gasteiger partial charge in [-0.2, -0.15) is 0 Å². The minimum atomic E-state index is 0.718. The van der Waals surface area contributed by atoms with Crippen LogP contribution in [0, 0.1) is 0 Å². The molecule has 0 saturated carbocycles. The van der Waals surface area contributed by atoms with E-state index < -0.39 is 0 Å². The zero-order valence-electron chi connectivity index (χ0n) is 12.2. The van der Waals surface area contributed by atoms with E-state index in [1.807, 2.05) is 6.07 Å². The van der Waals surface area contributed by atoms with Crippen LogP contribution in [0.25, 0.3) is 5.57 Å². The molecule has 0 amide bonds. The van der Waals surface area contributed by atoms with Gasteiger partial charge in [0.2, 0.25) is 0 Å². The van der Waals surface area contributed by atoms with Crippen LogP contribution in [0.3, 0.4) is 0 Å². The van der Waals surface area contributed by atoms with Crippen LogP contribution in [0.2, 0.25) is 0 Å². The fraction of sp³-hybridized carbons (Fsp3) is 0.263. The van der Waals surface area contributed by atoms with Gasteiger partial charge in [-0.3, -0.25) is 0 Å². The molecule has 0 spiro atoms. The van der Waals surface area contributed by atoms with Crippen molar-refractivity contribution in [1.29, 1.82) is 0 Å². The number of nitrogens with one attached hydrogen (secondary N) is 1. The summed E-state index contributed by atoms with van der Waals surface area (Å²) >= 11 is 0. The number of rotatable bonds is 5. The molecule has 2 aromatic carbocycles. The lowest BCUT2D eigenvalue weighted by Gasteiger charge is -2.14. The average molecular weight is 279 g/mol. The summed E-state index contributed by atoms with van der Waals surface area (Å²) < 4.78 is 5.82. The molecule has 2 nitrogen and oxygen atoms in total. The number of ether oxygens (including phenoxy) is 1. The van der Waals surface area contributed by atoms with Crippen LogP contribution in [-0.2, 0) is 6.42 Å². The maximum absolute atomic E-state index is 5.82. The minimum Gasteiger partial charge on any atom is -0.493 e. The van der Waals surface area contributed by atoms with Crippen molar-refractivity contribution >= 4 is 5.57 Å². The molecule has 0 atom stereocenters. The Labute approximate surface area is 126 Å². The Kier molecular flexibility index (Phi) is 4.70. The first-order chi connectivity index (χ1) is 10.4. The van der Waals surface area contributed by atoms with E-state index in [-0.39, 0.29) is 0 Å². The van der Waals surface area contributed by atoms with Crippen LogP contribution < -0.4 is 10.1 Å². The Morgan fingerprint density at radius 1 is 0.952 bits per heavy atom. The molecule has 0 unspecified atom stereocenters. The Morgan fingerprint density at radius 2 is 1.76 bits per heavy atom. The van der Waals surface area contributed by atoms with Gasteiger partial charge in [-0.05, 0) is 41.8 Å². The van der Waals surface area contributed by atoms with Gasteiger partial charge >= 0.3 is 0 Å². The lowest BCUT2D eigenvalue weighted by Crippen LogP contribution is -2.19. The molecule has 0 fully saturated rings. The Balaban J connectivity index is 1.54. The summed E-state index contributed by atoms with van der Waals surface area (Å²) in [6.07, 6.45) is 4.32. The van der Waals surface area contributed by atoms with Crippen LogP contribution in [-0.4, -0.2) is 19.7 Å². The van der Waals surface area contributed by atoms with Gasteiger partial charge in [0.15, 0.2) is 0 Å². The van der Waals surface area contributed by atoms with E-state index in [1.54, 1.807) is 0 Å². The second kappa shape index (κ2) is 7.09. The molecule has 3 rings (SSSR count). The Morgan fingerprint density at radius 3 is 2.48 bits per heavy atom. The quantitative estimate of drug-likeness (QED) is 0.901. The van der Waals surface area contributed by atoms with Gasteiger partial charge in [-0.25, -0.2) is 0 Å². The van der Waals surface area contributed by atoms with Gasteiger partial charge in [0.05, 0.1) is 6.61 Å². The molecular weight excluding hydrogens is 258 g/mol. The summed E-state index contributed by atoms with van der Waals surface area (Å²) in [5.74, 6) is 0.948. The van der Waals surface area contributed by atoms with Crippen LogP contribution in [0.15, 0.2) is 60.7 Å². The van der Waals surface area contributed by atoms with E-state index in [9.17, 15) is 0 Å². The molecule has 0 bridgehead atoms. The van der Waals surface area contributed by atoms with Crippen LogP contribution in [0.5, 0.6) is 5.75 Å². The summed E-state index contributed by atoms with van der Waals surface area (Å²) in [5, 5.41) is 3.34. The predicted molar refractivity (Wildman–Crippen MR) is 87.5 cm³/mol. The molecule has 2 aromatic rings. The fourth-order valence-corrected chi connectivity index (χ4v) is 2.58. The van der Waals surface area contributed by atoms with Gasteiger partial charge in [-0.1, -0.05) is 48.5 Å². The van der Waals surface area contributed by atoms with E-state index in [0.717, 1.165) is 38.3 Å². The van der Waals surface area contributed by atoms with E-state index in [2.05, 4.69) is 59.9 Å². The molecule has 108 valence electrons. The third kappa shape index (κ3) is 3.96.